The minimum atomic E-state index is -0.302. The predicted molar refractivity (Wildman–Crippen MR) is 54.4 cm³/mol. The first kappa shape index (κ1) is 10.3. The Kier molecular flexibility index (Phi) is 2.62. The van der Waals surface area contributed by atoms with Crippen LogP contribution < -0.4 is 0 Å². The van der Waals surface area contributed by atoms with E-state index in [1.54, 1.807) is 13.0 Å². The summed E-state index contributed by atoms with van der Waals surface area (Å²) in [5.74, 6) is 0.0233. The van der Waals surface area contributed by atoms with Crippen molar-refractivity contribution in [2.45, 2.75) is 6.92 Å². The summed E-state index contributed by atoms with van der Waals surface area (Å²) in [5, 5.41) is 3.53. The summed E-state index contributed by atoms with van der Waals surface area (Å²) in [7, 11) is 0. The molecule has 80 valence electrons. The van der Waals surface area contributed by atoms with Gasteiger partial charge in [-0.1, -0.05) is 5.16 Å². The molecule has 0 aliphatic rings. The summed E-state index contributed by atoms with van der Waals surface area (Å²) in [6.07, 6.45) is 2.71. The SMILES string of the molecule is Cc1cc(-c2oncc2N=C=O)ccc1F. The minimum Gasteiger partial charge on any atom is -0.354 e. The molecule has 0 spiro atoms. The van der Waals surface area contributed by atoms with Gasteiger partial charge in [0.1, 0.15) is 11.5 Å². The van der Waals surface area contributed by atoms with Gasteiger partial charge in [-0.3, -0.25) is 0 Å². The molecular weight excluding hydrogens is 211 g/mol. The highest BCUT2D eigenvalue weighted by atomic mass is 19.1. The molecule has 4 nitrogen and oxygen atoms in total. The normalized spacial score (nSPS) is 9.88. The molecule has 0 fully saturated rings. The topological polar surface area (TPSA) is 55.5 Å². The Bertz CT molecular complexity index is 571. The zero-order valence-corrected chi connectivity index (χ0v) is 8.40. The van der Waals surface area contributed by atoms with Crippen molar-refractivity contribution in [3.8, 4) is 11.3 Å². The van der Waals surface area contributed by atoms with Crippen LogP contribution in [-0.2, 0) is 4.79 Å². The van der Waals surface area contributed by atoms with Crippen molar-refractivity contribution in [1.82, 2.24) is 5.16 Å². The van der Waals surface area contributed by atoms with Gasteiger partial charge in [0.2, 0.25) is 6.08 Å². The van der Waals surface area contributed by atoms with Crippen LogP contribution in [0.1, 0.15) is 5.56 Å². The number of nitrogens with zero attached hydrogens (tertiary/aromatic N) is 2. The third-order valence-electron chi connectivity index (χ3n) is 2.14. The second-order valence-electron chi connectivity index (χ2n) is 3.21. The fraction of sp³-hybridized carbons (Fsp3) is 0.0909. The maximum atomic E-state index is 13.1. The lowest BCUT2D eigenvalue weighted by Gasteiger charge is -1.99. The van der Waals surface area contributed by atoms with Gasteiger partial charge < -0.3 is 4.52 Å². The van der Waals surface area contributed by atoms with Gasteiger partial charge in [0.05, 0.1) is 6.20 Å². The number of isocyanates is 1. The Morgan fingerprint density at radius 3 is 3.00 bits per heavy atom. The zero-order valence-electron chi connectivity index (χ0n) is 8.40. The molecule has 2 rings (SSSR count). The van der Waals surface area contributed by atoms with Gasteiger partial charge in [-0.25, -0.2) is 9.18 Å². The molecule has 0 saturated heterocycles. The van der Waals surface area contributed by atoms with Gasteiger partial charge in [0.25, 0.3) is 0 Å². The second-order valence-corrected chi connectivity index (χ2v) is 3.21. The molecule has 0 aliphatic heterocycles. The Labute approximate surface area is 90.4 Å². The number of benzene rings is 1. The first-order valence-corrected chi connectivity index (χ1v) is 4.51. The maximum Gasteiger partial charge on any atom is 0.240 e. The van der Waals surface area contributed by atoms with E-state index in [2.05, 4.69) is 10.1 Å². The largest absolute Gasteiger partial charge is 0.354 e. The third kappa shape index (κ3) is 1.76. The first-order valence-electron chi connectivity index (χ1n) is 4.51. The van der Waals surface area contributed by atoms with E-state index >= 15 is 0 Å². The van der Waals surface area contributed by atoms with E-state index in [1.165, 1.54) is 24.4 Å². The molecule has 0 radical (unpaired) electrons. The third-order valence-corrected chi connectivity index (χ3v) is 2.14. The number of aliphatic imine (C=N–C) groups is 1. The number of halogens is 1. The summed E-state index contributed by atoms with van der Waals surface area (Å²) in [4.78, 5) is 13.6. The average molecular weight is 218 g/mol. The van der Waals surface area contributed by atoms with Crippen LogP contribution in [0.3, 0.4) is 0 Å². The van der Waals surface area contributed by atoms with Crippen molar-refractivity contribution in [2.24, 2.45) is 4.99 Å². The number of hydrogen-bond acceptors (Lipinski definition) is 4. The van der Waals surface area contributed by atoms with Crippen molar-refractivity contribution >= 4 is 11.8 Å². The van der Waals surface area contributed by atoms with Crippen LogP contribution in [0.5, 0.6) is 0 Å². The van der Waals surface area contributed by atoms with Crippen LogP contribution >= 0.6 is 0 Å². The van der Waals surface area contributed by atoms with Crippen LogP contribution in [0.2, 0.25) is 0 Å². The van der Waals surface area contributed by atoms with Crippen molar-refractivity contribution in [3.63, 3.8) is 0 Å². The summed E-state index contributed by atoms with van der Waals surface area (Å²) < 4.78 is 18.0. The Morgan fingerprint density at radius 2 is 2.31 bits per heavy atom. The van der Waals surface area contributed by atoms with E-state index in [-0.39, 0.29) is 11.5 Å². The molecule has 16 heavy (non-hydrogen) atoms. The van der Waals surface area contributed by atoms with Crippen LogP contribution in [0.15, 0.2) is 33.9 Å². The highest BCUT2D eigenvalue weighted by Gasteiger charge is 2.11. The van der Waals surface area contributed by atoms with Crippen molar-refractivity contribution in [2.75, 3.05) is 0 Å². The first-order chi connectivity index (χ1) is 7.72. The lowest BCUT2D eigenvalue weighted by Crippen LogP contribution is -1.83. The Morgan fingerprint density at radius 1 is 1.50 bits per heavy atom. The molecule has 0 aliphatic carbocycles. The van der Waals surface area contributed by atoms with E-state index in [0.29, 0.717) is 16.9 Å². The van der Waals surface area contributed by atoms with Gasteiger partial charge >= 0.3 is 0 Å². The molecule has 0 atom stereocenters. The number of aryl methyl sites for hydroxylation is 1. The van der Waals surface area contributed by atoms with Gasteiger partial charge in [-0.2, -0.15) is 4.99 Å². The molecule has 0 N–H and O–H groups in total. The van der Waals surface area contributed by atoms with Crippen molar-refractivity contribution in [1.29, 1.82) is 0 Å². The summed E-state index contributed by atoms with van der Waals surface area (Å²) in [5.41, 5.74) is 1.38. The molecule has 0 unspecified atom stereocenters. The van der Waals surface area contributed by atoms with Crippen LogP contribution in [0, 0.1) is 12.7 Å². The number of rotatable bonds is 2. The quantitative estimate of drug-likeness (QED) is 0.575. The van der Waals surface area contributed by atoms with Crippen LogP contribution in [0.25, 0.3) is 11.3 Å². The molecule has 2 aromatic rings. The molecule has 0 saturated carbocycles. The van der Waals surface area contributed by atoms with E-state index in [9.17, 15) is 9.18 Å². The van der Waals surface area contributed by atoms with Gasteiger partial charge in [-0.15, -0.1) is 0 Å². The van der Waals surface area contributed by atoms with E-state index < -0.39 is 0 Å². The zero-order chi connectivity index (χ0) is 11.5. The number of hydrogen-bond donors (Lipinski definition) is 0. The van der Waals surface area contributed by atoms with E-state index in [4.69, 9.17) is 4.52 Å². The molecular formula is C11H7FN2O2. The standard InChI is InChI=1S/C11H7FN2O2/c1-7-4-8(2-3-9(7)12)11-10(13-6-15)5-14-16-11/h2-5H,1H3. The highest BCUT2D eigenvalue weighted by Crippen LogP contribution is 2.30. The van der Waals surface area contributed by atoms with Gasteiger partial charge in [0.15, 0.2) is 5.76 Å². The van der Waals surface area contributed by atoms with Crippen molar-refractivity contribution in [3.05, 3.63) is 35.8 Å². The summed E-state index contributed by atoms with van der Waals surface area (Å²) in [6, 6.07) is 4.45. The van der Waals surface area contributed by atoms with Crippen LogP contribution in [-0.4, -0.2) is 11.2 Å². The second kappa shape index (κ2) is 4.08. The molecule has 5 heteroatoms. The summed E-state index contributed by atoms with van der Waals surface area (Å²) >= 11 is 0. The fourth-order valence-corrected chi connectivity index (χ4v) is 1.35. The maximum absolute atomic E-state index is 13.1. The van der Waals surface area contributed by atoms with Gasteiger partial charge in [-0.05, 0) is 30.7 Å². The van der Waals surface area contributed by atoms with E-state index in [1.807, 2.05) is 0 Å². The molecule has 0 bridgehead atoms. The number of carbonyl (C=O) groups excluding carboxylic acids is 1. The lowest BCUT2D eigenvalue weighted by atomic mass is 10.1. The fourth-order valence-electron chi connectivity index (χ4n) is 1.35. The Hall–Kier alpha value is -2.26. The predicted octanol–water partition coefficient (Wildman–Crippen LogP) is 2.76. The van der Waals surface area contributed by atoms with Crippen molar-refractivity contribution < 1.29 is 13.7 Å². The average Bonchev–Trinajstić information content (AvgIpc) is 2.71. The number of aromatic nitrogens is 1. The Balaban J connectivity index is 2.54. The minimum absolute atomic E-state index is 0.279. The molecule has 1 aromatic carbocycles. The lowest BCUT2D eigenvalue weighted by molar-refractivity contribution is 0.432. The summed E-state index contributed by atoms with van der Waals surface area (Å²) in [6.45, 7) is 1.64. The molecule has 1 heterocycles. The molecule has 0 amide bonds. The monoisotopic (exact) mass is 218 g/mol. The van der Waals surface area contributed by atoms with Crippen LogP contribution in [0.4, 0.5) is 10.1 Å². The van der Waals surface area contributed by atoms with E-state index in [0.717, 1.165) is 0 Å². The smallest absolute Gasteiger partial charge is 0.240 e. The highest BCUT2D eigenvalue weighted by molar-refractivity contribution is 5.71. The van der Waals surface area contributed by atoms with Gasteiger partial charge in [0, 0.05) is 5.56 Å². The molecule has 1 aromatic heterocycles.